The average molecular weight is 284 g/mol. The van der Waals surface area contributed by atoms with Crippen LogP contribution in [0.2, 0.25) is 0 Å². The summed E-state index contributed by atoms with van der Waals surface area (Å²) in [5.41, 5.74) is 3.17. The summed E-state index contributed by atoms with van der Waals surface area (Å²) in [4.78, 5) is 11.7. The summed E-state index contributed by atoms with van der Waals surface area (Å²) in [6.07, 6.45) is 0. The van der Waals surface area contributed by atoms with Crippen LogP contribution >= 0.6 is 0 Å². The molecule has 0 aromatic heterocycles. The van der Waals surface area contributed by atoms with Gasteiger partial charge in [-0.1, -0.05) is 6.07 Å². The molecule has 7 heteroatoms. The Morgan fingerprint density at radius 1 is 0.950 bits per heavy atom. The molecule has 104 valence electrons. The predicted octanol–water partition coefficient (Wildman–Crippen LogP) is 3.08. The lowest BCUT2D eigenvalue weighted by Gasteiger charge is -2.08. The molecule has 20 heavy (non-hydrogen) atoms. The van der Waals surface area contributed by atoms with Gasteiger partial charge in [-0.05, 0) is 24.3 Å². The third-order valence-electron chi connectivity index (χ3n) is 2.54. The number of rotatable bonds is 2. The van der Waals surface area contributed by atoms with E-state index in [1.165, 1.54) is 0 Å². The minimum Gasteiger partial charge on any atom is -0.394 e. The monoisotopic (exact) mass is 284 g/mol. The molecular formula is C13H8F4N2O. The maximum Gasteiger partial charge on any atom is 0.256 e. The smallest absolute Gasteiger partial charge is 0.256 e. The molecule has 2 rings (SSSR count). The van der Waals surface area contributed by atoms with Gasteiger partial charge in [-0.15, -0.1) is 0 Å². The van der Waals surface area contributed by atoms with E-state index in [0.717, 1.165) is 18.2 Å². The van der Waals surface area contributed by atoms with E-state index in [0.29, 0.717) is 12.1 Å². The van der Waals surface area contributed by atoms with E-state index in [1.54, 1.807) is 0 Å². The number of hydrogen-bond acceptors (Lipinski definition) is 2. The molecule has 0 unspecified atom stereocenters. The zero-order chi connectivity index (χ0) is 14.9. The summed E-state index contributed by atoms with van der Waals surface area (Å²) in [6.45, 7) is 0. The molecule has 0 saturated heterocycles. The minimum atomic E-state index is -1.14. The standard InChI is InChI=1S/C13H8F4N2O/c14-7-2-1-3-8(15)12(7)19-13(20)6-4-9(16)11(18)10(17)5-6/h1-5H,18H2,(H,19,20). The first kappa shape index (κ1) is 13.9. The second-order valence-corrected chi connectivity index (χ2v) is 3.90. The van der Waals surface area contributed by atoms with Crippen molar-refractivity contribution in [2.75, 3.05) is 11.1 Å². The Morgan fingerprint density at radius 3 is 1.95 bits per heavy atom. The Balaban J connectivity index is 2.34. The summed E-state index contributed by atoms with van der Waals surface area (Å²) in [5.74, 6) is -5.34. The molecule has 0 aliphatic heterocycles. The van der Waals surface area contributed by atoms with Crippen LogP contribution in [0.5, 0.6) is 0 Å². The molecule has 0 aliphatic carbocycles. The Morgan fingerprint density at radius 2 is 1.45 bits per heavy atom. The van der Waals surface area contributed by atoms with Crippen LogP contribution in [0.15, 0.2) is 30.3 Å². The Bertz CT molecular complexity index is 645. The molecule has 3 nitrogen and oxygen atoms in total. The van der Waals surface area contributed by atoms with Crippen LogP contribution in [0.4, 0.5) is 28.9 Å². The molecule has 0 radical (unpaired) electrons. The number of amides is 1. The number of para-hydroxylation sites is 1. The molecule has 2 aromatic carbocycles. The number of nitrogens with one attached hydrogen (secondary N) is 1. The van der Waals surface area contributed by atoms with Crippen LogP contribution in [-0.2, 0) is 0 Å². The maximum absolute atomic E-state index is 13.3. The molecule has 3 N–H and O–H groups in total. The largest absolute Gasteiger partial charge is 0.394 e. The zero-order valence-electron chi connectivity index (χ0n) is 9.88. The Labute approximate surface area is 111 Å². The fourth-order valence-electron chi connectivity index (χ4n) is 1.52. The normalized spacial score (nSPS) is 10.4. The van der Waals surface area contributed by atoms with Crippen molar-refractivity contribution in [1.29, 1.82) is 0 Å². The molecule has 0 fully saturated rings. The van der Waals surface area contributed by atoms with Gasteiger partial charge in [-0.3, -0.25) is 4.79 Å². The van der Waals surface area contributed by atoms with Crippen LogP contribution in [0.3, 0.4) is 0 Å². The van der Waals surface area contributed by atoms with E-state index in [2.05, 4.69) is 0 Å². The lowest BCUT2D eigenvalue weighted by atomic mass is 10.1. The second kappa shape index (κ2) is 5.20. The van der Waals surface area contributed by atoms with E-state index in [9.17, 15) is 22.4 Å². The molecular weight excluding hydrogens is 276 g/mol. The van der Waals surface area contributed by atoms with E-state index in [-0.39, 0.29) is 0 Å². The first-order valence-electron chi connectivity index (χ1n) is 5.40. The third kappa shape index (κ3) is 2.56. The van der Waals surface area contributed by atoms with E-state index < -0.39 is 46.1 Å². The highest BCUT2D eigenvalue weighted by Crippen LogP contribution is 2.21. The van der Waals surface area contributed by atoms with Gasteiger partial charge in [0.1, 0.15) is 34.6 Å². The van der Waals surface area contributed by atoms with Gasteiger partial charge in [0.15, 0.2) is 0 Å². The molecule has 0 saturated carbocycles. The van der Waals surface area contributed by atoms with Gasteiger partial charge in [0, 0.05) is 5.56 Å². The van der Waals surface area contributed by atoms with Crippen molar-refractivity contribution in [2.45, 2.75) is 0 Å². The maximum atomic E-state index is 13.3. The lowest BCUT2D eigenvalue weighted by molar-refractivity contribution is 0.102. The van der Waals surface area contributed by atoms with Gasteiger partial charge in [0.25, 0.3) is 5.91 Å². The summed E-state index contributed by atoms with van der Waals surface area (Å²) >= 11 is 0. The van der Waals surface area contributed by atoms with Crippen molar-refractivity contribution >= 4 is 17.3 Å². The fraction of sp³-hybridized carbons (Fsp3) is 0. The zero-order valence-corrected chi connectivity index (χ0v) is 9.88. The second-order valence-electron chi connectivity index (χ2n) is 3.90. The molecule has 0 spiro atoms. The Kier molecular flexibility index (Phi) is 3.60. The van der Waals surface area contributed by atoms with Gasteiger partial charge >= 0.3 is 0 Å². The van der Waals surface area contributed by atoms with Crippen LogP contribution in [0.25, 0.3) is 0 Å². The highest BCUT2D eigenvalue weighted by Gasteiger charge is 2.16. The average Bonchev–Trinajstić information content (AvgIpc) is 2.39. The number of benzene rings is 2. The molecule has 0 aliphatic rings. The number of nitrogen functional groups attached to an aromatic ring is 1. The topological polar surface area (TPSA) is 55.1 Å². The molecule has 0 heterocycles. The van der Waals surface area contributed by atoms with Gasteiger partial charge < -0.3 is 11.1 Å². The van der Waals surface area contributed by atoms with E-state index in [4.69, 9.17) is 5.73 Å². The number of carbonyl (C=O) groups is 1. The SMILES string of the molecule is Nc1c(F)cc(C(=O)Nc2c(F)cccc2F)cc1F. The van der Waals surface area contributed by atoms with Crippen molar-refractivity contribution in [2.24, 2.45) is 0 Å². The van der Waals surface area contributed by atoms with E-state index >= 15 is 0 Å². The van der Waals surface area contributed by atoms with Gasteiger partial charge in [0.05, 0.1) is 0 Å². The minimum absolute atomic E-state index is 0.447. The van der Waals surface area contributed by atoms with Gasteiger partial charge in [-0.2, -0.15) is 0 Å². The van der Waals surface area contributed by atoms with Crippen molar-refractivity contribution in [3.63, 3.8) is 0 Å². The van der Waals surface area contributed by atoms with Crippen molar-refractivity contribution < 1.29 is 22.4 Å². The summed E-state index contributed by atoms with van der Waals surface area (Å²) < 4.78 is 53.1. The summed E-state index contributed by atoms with van der Waals surface area (Å²) in [5, 5.41) is 1.91. The van der Waals surface area contributed by atoms with Crippen molar-refractivity contribution in [1.82, 2.24) is 0 Å². The van der Waals surface area contributed by atoms with Crippen LogP contribution < -0.4 is 11.1 Å². The molecule has 0 bridgehead atoms. The van der Waals surface area contributed by atoms with Crippen LogP contribution in [0, 0.1) is 23.3 Å². The number of anilines is 2. The van der Waals surface area contributed by atoms with Crippen LogP contribution in [0.1, 0.15) is 10.4 Å². The molecule has 0 atom stereocenters. The van der Waals surface area contributed by atoms with E-state index in [1.807, 2.05) is 5.32 Å². The first-order valence-corrected chi connectivity index (χ1v) is 5.40. The first-order chi connectivity index (χ1) is 9.40. The number of halogens is 4. The van der Waals surface area contributed by atoms with Crippen LogP contribution in [-0.4, -0.2) is 5.91 Å². The number of nitrogens with two attached hydrogens (primary N) is 1. The Hall–Kier alpha value is -2.57. The van der Waals surface area contributed by atoms with Gasteiger partial charge in [-0.25, -0.2) is 17.6 Å². The highest BCUT2D eigenvalue weighted by molar-refractivity contribution is 6.04. The quantitative estimate of drug-likeness (QED) is 0.657. The molecule has 2 aromatic rings. The summed E-state index contributed by atoms with van der Waals surface area (Å²) in [6, 6.07) is 4.33. The predicted molar refractivity (Wildman–Crippen MR) is 65.1 cm³/mol. The summed E-state index contributed by atoms with van der Waals surface area (Å²) in [7, 11) is 0. The third-order valence-corrected chi connectivity index (χ3v) is 2.54. The lowest BCUT2D eigenvalue weighted by Crippen LogP contribution is -2.15. The fourth-order valence-corrected chi connectivity index (χ4v) is 1.52. The van der Waals surface area contributed by atoms with Gasteiger partial charge in [0.2, 0.25) is 0 Å². The molecule has 1 amide bonds. The number of carbonyl (C=O) groups excluding carboxylic acids is 1. The highest BCUT2D eigenvalue weighted by atomic mass is 19.1. The van der Waals surface area contributed by atoms with Crippen molar-refractivity contribution in [3.8, 4) is 0 Å². The number of hydrogen-bond donors (Lipinski definition) is 2. The van der Waals surface area contributed by atoms with Crippen molar-refractivity contribution in [3.05, 3.63) is 59.2 Å².